The number of likely N-dealkylation sites (tertiary alicyclic amines) is 2. The number of aryl methyl sites for hydroxylation is 1. The average molecular weight is 688 g/mol. The van der Waals surface area contributed by atoms with E-state index in [-0.39, 0.29) is 36.0 Å². The quantitative estimate of drug-likeness (QED) is 0.155. The zero-order valence-corrected chi connectivity index (χ0v) is 28.9. The molecule has 2 aliphatic heterocycles. The molecule has 0 N–H and O–H groups in total. The molecule has 2 fully saturated rings. The number of ether oxygens (including phenoxy) is 1. The summed E-state index contributed by atoms with van der Waals surface area (Å²) in [6.45, 7) is 4.45. The molecule has 0 saturated carbocycles. The van der Waals surface area contributed by atoms with E-state index in [0.717, 1.165) is 24.8 Å². The molecule has 51 heavy (non-hydrogen) atoms. The molecule has 0 spiro atoms. The highest BCUT2D eigenvalue weighted by Crippen LogP contribution is 2.42. The first-order valence-corrected chi connectivity index (χ1v) is 17.4. The van der Waals surface area contributed by atoms with Gasteiger partial charge in [0.05, 0.1) is 47.3 Å². The Morgan fingerprint density at radius 2 is 1.96 bits per heavy atom. The third-order valence-electron chi connectivity index (χ3n) is 10.6. The van der Waals surface area contributed by atoms with Gasteiger partial charge in [-0.05, 0) is 87.8 Å². The van der Waals surface area contributed by atoms with E-state index in [1.54, 1.807) is 17.2 Å². The lowest BCUT2D eigenvalue weighted by molar-refractivity contribution is -0.130. The number of nitriles is 2. The zero-order valence-electron chi connectivity index (χ0n) is 28.9. The maximum Gasteiger partial charge on any atom is 0.246 e. The number of rotatable bonds is 8. The van der Waals surface area contributed by atoms with Gasteiger partial charge in [0.25, 0.3) is 0 Å². The fourth-order valence-electron chi connectivity index (χ4n) is 8.21. The number of halogens is 2. The fourth-order valence-corrected chi connectivity index (χ4v) is 8.21. The Kier molecular flexibility index (Phi) is 9.41. The summed E-state index contributed by atoms with van der Waals surface area (Å²) in [5, 5.41) is 27.2. The van der Waals surface area contributed by atoms with Gasteiger partial charge >= 0.3 is 0 Å². The maximum absolute atomic E-state index is 17.3. The van der Waals surface area contributed by atoms with Gasteiger partial charge in [0, 0.05) is 41.0 Å². The van der Waals surface area contributed by atoms with Crippen LogP contribution in [0.4, 0.5) is 8.78 Å². The van der Waals surface area contributed by atoms with E-state index in [2.05, 4.69) is 24.1 Å². The highest BCUT2D eigenvalue weighted by Gasteiger charge is 2.34. The maximum atomic E-state index is 17.3. The van der Waals surface area contributed by atoms with Crippen LogP contribution in [0.15, 0.2) is 60.8 Å². The molecule has 0 unspecified atom stereocenters. The minimum absolute atomic E-state index is 0.112. The lowest BCUT2D eigenvalue weighted by atomic mass is 9.90. The van der Waals surface area contributed by atoms with E-state index in [4.69, 9.17) is 14.8 Å². The predicted octanol–water partition coefficient (Wildman–Crippen LogP) is 7.56. The van der Waals surface area contributed by atoms with Gasteiger partial charge in [-0.2, -0.15) is 15.6 Å². The molecule has 2 aliphatic rings. The number of likely N-dealkylation sites (N-methyl/N-ethyl adjacent to an activating group) is 1. The van der Waals surface area contributed by atoms with Crippen molar-refractivity contribution in [3.63, 3.8) is 0 Å². The molecular formula is C40H39F2N7O2. The predicted molar refractivity (Wildman–Crippen MR) is 192 cm³/mol. The van der Waals surface area contributed by atoms with E-state index in [9.17, 15) is 19.7 Å². The van der Waals surface area contributed by atoms with Gasteiger partial charge in [0.1, 0.15) is 18.3 Å². The highest BCUT2D eigenvalue weighted by molar-refractivity contribution is 6.09. The Morgan fingerprint density at radius 3 is 2.69 bits per heavy atom. The summed E-state index contributed by atoms with van der Waals surface area (Å²) in [6, 6.07) is 17.1. The van der Waals surface area contributed by atoms with Crippen LogP contribution in [0.2, 0.25) is 0 Å². The van der Waals surface area contributed by atoms with Crippen molar-refractivity contribution >= 4 is 38.5 Å². The van der Waals surface area contributed by atoms with Crippen LogP contribution < -0.4 is 4.74 Å². The van der Waals surface area contributed by atoms with E-state index >= 15 is 4.39 Å². The number of fused-ring (bicyclic) bond motifs is 4. The van der Waals surface area contributed by atoms with Crippen LogP contribution in [0, 0.1) is 35.4 Å². The molecule has 2 saturated heterocycles. The second-order valence-electron chi connectivity index (χ2n) is 13.7. The summed E-state index contributed by atoms with van der Waals surface area (Å²) in [7, 11) is 2.08. The molecule has 0 aliphatic carbocycles. The van der Waals surface area contributed by atoms with Crippen LogP contribution in [-0.2, 0) is 4.79 Å². The normalized spacial score (nSPS) is 20.3. The lowest BCUT2D eigenvalue weighted by Crippen LogP contribution is -2.46. The lowest BCUT2D eigenvalue weighted by Gasteiger charge is -2.38. The molecule has 4 atom stereocenters. The number of pyridine rings is 1. The van der Waals surface area contributed by atoms with E-state index in [0.29, 0.717) is 69.2 Å². The number of carbonyl (C=O) groups is 1. The minimum atomic E-state index is -0.747. The van der Waals surface area contributed by atoms with Gasteiger partial charge in [-0.3, -0.25) is 14.4 Å². The topological polar surface area (TPSA) is 111 Å². The summed E-state index contributed by atoms with van der Waals surface area (Å²) in [6.07, 6.45) is 7.01. The summed E-state index contributed by atoms with van der Waals surface area (Å²) >= 11 is 0. The molecule has 4 heterocycles. The average Bonchev–Trinajstić information content (AvgIpc) is 3.78. The Labute approximate surface area is 295 Å². The highest BCUT2D eigenvalue weighted by atomic mass is 19.1. The van der Waals surface area contributed by atoms with Crippen LogP contribution in [0.5, 0.6) is 5.88 Å². The number of alkyl halides is 1. The largest absolute Gasteiger partial charge is 0.472 e. The molecule has 260 valence electrons. The summed E-state index contributed by atoms with van der Waals surface area (Å²) in [4.78, 5) is 21.7. The van der Waals surface area contributed by atoms with Crippen molar-refractivity contribution < 1.29 is 18.3 Å². The minimum Gasteiger partial charge on any atom is -0.472 e. The summed E-state index contributed by atoms with van der Waals surface area (Å²) in [5.41, 5.74) is 2.91. The van der Waals surface area contributed by atoms with Crippen molar-refractivity contribution in [1.82, 2.24) is 24.6 Å². The first kappa shape index (κ1) is 34.1. The zero-order chi connectivity index (χ0) is 35.8. The first-order chi connectivity index (χ1) is 24.7. The second-order valence-corrected chi connectivity index (χ2v) is 13.7. The Bertz CT molecular complexity index is 2260. The number of allylic oxidation sites excluding steroid dienone is 1. The number of hydrogen-bond acceptors (Lipinski definition) is 7. The summed E-state index contributed by atoms with van der Waals surface area (Å²) in [5.74, 6) is -0.553. The van der Waals surface area contributed by atoms with Gasteiger partial charge < -0.3 is 9.64 Å². The van der Waals surface area contributed by atoms with Gasteiger partial charge in [0.15, 0.2) is 5.82 Å². The van der Waals surface area contributed by atoms with Gasteiger partial charge in [0.2, 0.25) is 11.8 Å². The smallest absolute Gasteiger partial charge is 0.246 e. The Balaban J connectivity index is 1.41. The van der Waals surface area contributed by atoms with Crippen LogP contribution in [0.25, 0.3) is 43.7 Å². The molecule has 11 heteroatoms. The van der Waals surface area contributed by atoms with Crippen molar-refractivity contribution in [2.45, 2.75) is 70.2 Å². The SMILES string of the molecule is Cc1cc2c(nc(O[C@@H](C)[C@@H]3CCCN3C)c3cnn([C@H]4CCN(C(=O)/C=C/CF)[C@H](CC#N)C4)c32)c(F)c1-c1cccc2cccc(C#N)c12. The van der Waals surface area contributed by atoms with Crippen molar-refractivity contribution in [2.75, 3.05) is 26.8 Å². The van der Waals surface area contributed by atoms with Crippen LogP contribution >= 0.6 is 0 Å². The first-order valence-electron chi connectivity index (χ1n) is 17.4. The van der Waals surface area contributed by atoms with Crippen molar-refractivity contribution in [3.05, 3.63) is 77.8 Å². The Morgan fingerprint density at radius 1 is 1.16 bits per heavy atom. The molecule has 7 rings (SSSR count). The summed E-state index contributed by atoms with van der Waals surface area (Å²) < 4.78 is 38.6. The standard InChI is InChI=1S/C40H39F2N7O2/c1-24-20-31-38(37(42)35(24)30-11-5-9-26-8-4-10-27(22-44)36(26)30)46-40(51-25(2)33-12-7-18-47(33)3)32-23-45-49(39(31)32)29-15-19-48(28(21-29)14-17-43)34(50)13-6-16-41/h4-6,8-11,13,20,23,25,28-29,33H,7,12,14-16,18-19,21H2,1-3H3/b13-6+/t25-,28+,29-,33-/m0/s1. The number of hydrogen-bond donors (Lipinski definition) is 0. The van der Waals surface area contributed by atoms with E-state index < -0.39 is 18.5 Å². The van der Waals surface area contributed by atoms with Crippen molar-refractivity contribution in [1.29, 1.82) is 10.5 Å². The van der Waals surface area contributed by atoms with Crippen LogP contribution in [-0.4, -0.2) is 75.5 Å². The fraction of sp³-hybridized carbons (Fsp3) is 0.375. The number of aromatic nitrogens is 3. The monoisotopic (exact) mass is 687 g/mol. The number of benzene rings is 3. The number of piperidine rings is 1. The molecule has 1 amide bonds. The van der Waals surface area contributed by atoms with Crippen molar-refractivity contribution in [3.8, 4) is 29.1 Å². The molecule has 9 nitrogen and oxygen atoms in total. The van der Waals surface area contributed by atoms with Crippen molar-refractivity contribution in [2.24, 2.45) is 0 Å². The Hall–Kier alpha value is -5.39. The second kappa shape index (κ2) is 14.1. The molecule has 5 aromatic rings. The molecule has 3 aromatic carbocycles. The number of nitrogens with zero attached hydrogens (tertiary/aromatic N) is 7. The van der Waals surface area contributed by atoms with Crippen LogP contribution in [0.3, 0.4) is 0 Å². The number of amides is 1. The van der Waals surface area contributed by atoms with Gasteiger partial charge in [-0.1, -0.05) is 30.3 Å². The third kappa shape index (κ3) is 6.06. The molecule has 0 bridgehead atoms. The number of carbonyl (C=O) groups excluding carboxylic acids is 1. The molecule has 2 aromatic heterocycles. The molecule has 0 radical (unpaired) electrons. The van der Waals surface area contributed by atoms with E-state index in [1.807, 2.05) is 54.9 Å². The third-order valence-corrected chi connectivity index (χ3v) is 10.6. The van der Waals surface area contributed by atoms with Crippen LogP contribution in [0.1, 0.15) is 56.2 Å². The van der Waals surface area contributed by atoms with E-state index in [1.165, 1.54) is 12.2 Å². The molecular weight excluding hydrogens is 648 g/mol. The van der Waals surface area contributed by atoms with Gasteiger partial charge in [-0.25, -0.2) is 13.8 Å². The van der Waals surface area contributed by atoms with Gasteiger partial charge in [-0.15, -0.1) is 0 Å².